The van der Waals surface area contributed by atoms with E-state index in [9.17, 15) is 0 Å². The second-order valence-electron chi connectivity index (χ2n) is 4.63. The minimum absolute atomic E-state index is 0.135. The summed E-state index contributed by atoms with van der Waals surface area (Å²) in [5.41, 5.74) is 3.16. The Morgan fingerprint density at radius 3 is 2.74 bits per heavy atom. The Kier molecular flexibility index (Phi) is 4.11. The fraction of sp³-hybridized carbons (Fsp3) is 0.462. The van der Waals surface area contributed by atoms with Crippen LogP contribution in [0.4, 0.5) is 5.69 Å². The highest BCUT2D eigenvalue weighted by molar-refractivity contribution is 5.57. The maximum absolute atomic E-state index is 5.33. The van der Waals surface area contributed by atoms with Crippen LogP contribution in [0, 0.1) is 6.92 Å². The number of anilines is 1. The van der Waals surface area contributed by atoms with Crippen LogP contribution >= 0.6 is 0 Å². The van der Waals surface area contributed by atoms with E-state index in [2.05, 4.69) is 34.7 Å². The van der Waals surface area contributed by atoms with Gasteiger partial charge in [-0.2, -0.15) is 0 Å². The first-order valence-corrected chi connectivity index (χ1v) is 6.25. The number of rotatable bonds is 5. The number of methoxy groups -OCH3 is 1. The van der Waals surface area contributed by atoms with E-state index < -0.39 is 0 Å². The quantitative estimate of drug-likeness (QED) is 0.889. The summed E-state index contributed by atoms with van der Waals surface area (Å²) in [6.45, 7) is 6.20. The number of nitrogens with one attached hydrogen (secondary N) is 1. The standard InChI is InChI=1S/C13H19N5O/c1-9-5-6-12(18-8-14-16-17-18)7-13(9)15-10(2)11(3)19-4/h5-8,10-11,15H,1-4H3. The topological polar surface area (TPSA) is 64.9 Å². The fourth-order valence-electron chi connectivity index (χ4n) is 1.75. The number of tetrazole rings is 1. The van der Waals surface area contributed by atoms with Gasteiger partial charge in [0.1, 0.15) is 6.33 Å². The van der Waals surface area contributed by atoms with Crippen LogP contribution < -0.4 is 5.32 Å². The molecule has 0 saturated heterocycles. The first-order chi connectivity index (χ1) is 9.11. The third-order valence-electron chi connectivity index (χ3n) is 3.29. The van der Waals surface area contributed by atoms with Gasteiger partial charge < -0.3 is 10.1 Å². The summed E-state index contributed by atoms with van der Waals surface area (Å²) in [5.74, 6) is 0. The maximum atomic E-state index is 5.33. The Labute approximate surface area is 112 Å². The molecule has 0 spiro atoms. The largest absolute Gasteiger partial charge is 0.380 e. The predicted octanol–water partition coefficient (Wildman–Crippen LogP) is 1.81. The third kappa shape index (κ3) is 3.08. The molecular weight excluding hydrogens is 242 g/mol. The number of aryl methyl sites for hydroxylation is 1. The molecule has 6 heteroatoms. The highest BCUT2D eigenvalue weighted by Gasteiger charge is 2.12. The molecule has 2 rings (SSSR count). The van der Waals surface area contributed by atoms with E-state index in [0.29, 0.717) is 0 Å². The number of hydrogen-bond donors (Lipinski definition) is 1. The van der Waals surface area contributed by atoms with Gasteiger partial charge in [0.05, 0.1) is 11.8 Å². The van der Waals surface area contributed by atoms with Gasteiger partial charge in [0.15, 0.2) is 0 Å². The fourth-order valence-corrected chi connectivity index (χ4v) is 1.75. The number of ether oxygens (including phenoxy) is 1. The number of hydrogen-bond acceptors (Lipinski definition) is 5. The van der Waals surface area contributed by atoms with Crippen LogP contribution in [-0.4, -0.2) is 39.5 Å². The molecule has 1 aromatic carbocycles. The van der Waals surface area contributed by atoms with E-state index in [-0.39, 0.29) is 12.1 Å². The van der Waals surface area contributed by atoms with E-state index in [4.69, 9.17) is 4.74 Å². The Bertz CT molecular complexity index is 526. The summed E-state index contributed by atoms with van der Waals surface area (Å²) < 4.78 is 6.96. The van der Waals surface area contributed by atoms with Crippen molar-refractivity contribution in [2.45, 2.75) is 32.9 Å². The van der Waals surface area contributed by atoms with Gasteiger partial charge in [0, 0.05) is 18.8 Å². The lowest BCUT2D eigenvalue weighted by atomic mass is 10.1. The Morgan fingerprint density at radius 1 is 1.32 bits per heavy atom. The Balaban J connectivity index is 2.23. The zero-order valence-electron chi connectivity index (χ0n) is 11.7. The molecule has 19 heavy (non-hydrogen) atoms. The van der Waals surface area contributed by atoms with Gasteiger partial charge in [0.2, 0.25) is 0 Å². The van der Waals surface area contributed by atoms with Crippen LogP contribution in [0.15, 0.2) is 24.5 Å². The lowest BCUT2D eigenvalue weighted by Gasteiger charge is -2.22. The molecule has 0 aliphatic heterocycles. The number of aromatic nitrogens is 4. The average molecular weight is 261 g/mol. The van der Waals surface area contributed by atoms with Crippen molar-refractivity contribution in [1.29, 1.82) is 0 Å². The zero-order valence-corrected chi connectivity index (χ0v) is 11.7. The molecule has 0 bridgehead atoms. The van der Waals surface area contributed by atoms with Crippen molar-refractivity contribution in [3.05, 3.63) is 30.1 Å². The van der Waals surface area contributed by atoms with E-state index in [1.165, 1.54) is 5.56 Å². The van der Waals surface area contributed by atoms with Gasteiger partial charge in [-0.1, -0.05) is 6.07 Å². The summed E-state index contributed by atoms with van der Waals surface area (Å²) in [4.78, 5) is 0. The second-order valence-corrected chi connectivity index (χ2v) is 4.63. The summed E-state index contributed by atoms with van der Waals surface area (Å²) in [7, 11) is 1.72. The van der Waals surface area contributed by atoms with Gasteiger partial charge in [-0.05, 0) is 48.9 Å². The second kappa shape index (κ2) is 5.79. The van der Waals surface area contributed by atoms with Crippen molar-refractivity contribution >= 4 is 5.69 Å². The Morgan fingerprint density at radius 2 is 2.11 bits per heavy atom. The minimum atomic E-state index is 0.135. The monoisotopic (exact) mass is 261 g/mol. The first kappa shape index (κ1) is 13.5. The van der Waals surface area contributed by atoms with Gasteiger partial charge >= 0.3 is 0 Å². The van der Waals surface area contributed by atoms with E-state index in [1.54, 1.807) is 18.1 Å². The Hall–Kier alpha value is -1.95. The molecule has 1 N–H and O–H groups in total. The highest BCUT2D eigenvalue weighted by atomic mass is 16.5. The summed E-state index contributed by atoms with van der Waals surface area (Å²) in [6.07, 6.45) is 1.71. The van der Waals surface area contributed by atoms with Crippen LogP contribution in [0.1, 0.15) is 19.4 Å². The van der Waals surface area contributed by atoms with Gasteiger partial charge in [0.25, 0.3) is 0 Å². The smallest absolute Gasteiger partial charge is 0.143 e. The van der Waals surface area contributed by atoms with Crippen molar-refractivity contribution in [3.8, 4) is 5.69 Å². The van der Waals surface area contributed by atoms with Crippen LogP contribution in [-0.2, 0) is 4.74 Å². The van der Waals surface area contributed by atoms with Crippen molar-refractivity contribution in [2.75, 3.05) is 12.4 Å². The van der Waals surface area contributed by atoms with Crippen LogP contribution in [0.25, 0.3) is 5.69 Å². The molecule has 6 nitrogen and oxygen atoms in total. The minimum Gasteiger partial charge on any atom is -0.380 e. The number of nitrogens with zero attached hydrogens (tertiary/aromatic N) is 4. The third-order valence-corrected chi connectivity index (χ3v) is 3.29. The molecule has 2 atom stereocenters. The molecule has 0 aliphatic carbocycles. The van der Waals surface area contributed by atoms with Crippen molar-refractivity contribution in [3.63, 3.8) is 0 Å². The molecule has 0 aliphatic rings. The van der Waals surface area contributed by atoms with Crippen molar-refractivity contribution in [2.24, 2.45) is 0 Å². The molecule has 102 valence electrons. The molecule has 0 radical (unpaired) electrons. The molecule has 1 aromatic heterocycles. The normalized spacial score (nSPS) is 14.1. The predicted molar refractivity (Wildman–Crippen MR) is 73.4 cm³/mol. The van der Waals surface area contributed by atoms with Crippen LogP contribution in [0.3, 0.4) is 0 Å². The highest BCUT2D eigenvalue weighted by Crippen LogP contribution is 2.20. The molecule has 0 saturated carbocycles. The van der Waals surface area contributed by atoms with Gasteiger partial charge in [-0.3, -0.25) is 0 Å². The molecule has 2 unspecified atom stereocenters. The molecule has 1 heterocycles. The lowest BCUT2D eigenvalue weighted by Crippen LogP contribution is -2.30. The first-order valence-electron chi connectivity index (χ1n) is 6.25. The van der Waals surface area contributed by atoms with Crippen molar-refractivity contribution in [1.82, 2.24) is 20.2 Å². The molecular formula is C13H19N5O. The molecule has 2 aromatic rings. The molecule has 0 fully saturated rings. The SMILES string of the molecule is COC(C)C(C)Nc1cc(-n2cnnn2)ccc1C. The van der Waals surface area contributed by atoms with Crippen molar-refractivity contribution < 1.29 is 4.74 Å². The summed E-state index contributed by atoms with van der Waals surface area (Å²) in [5, 5.41) is 14.6. The summed E-state index contributed by atoms with van der Waals surface area (Å²) in [6, 6.07) is 6.28. The van der Waals surface area contributed by atoms with Gasteiger partial charge in [-0.15, -0.1) is 5.10 Å². The average Bonchev–Trinajstić information content (AvgIpc) is 2.94. The molecule has 0 amide bonds. The van der Waals surface area contributed by atoms with E-state index in [0.717, 1.165) is 11.4 Å². The van der Waals surface area contributed by atoms with E-state index in [1.807, 2.05) is 25.1 Å². The number of benzene rings is 1. The lowest BCUT2D eigenvalue weighted by molar-refractivity contribution is 0.106. The summed E-state index contributed by atoms with van der Waals surface area (Å²) >= 11 is 0. The van der Waals surface area contributed by atoms with Gasteiger partial charge in [-0.25, -0.2) is 4.68 Å². The van der Waals surface area contributed by atoms with Crippen LogP contribution in [0.2, 0.25) is 0 Å². The van der Waals surface area contributed by atoms with Crippen LogP contribution in [0.5, 0.6) is 0 Å². The zero-order chi connectivity index (χ0) is 13.8. The van der Waals surface area contributed by atoms with E-state index >= 15 is 0 Å². The maximum Gasteiger partial charge on any atom is 0.143 e.